The quantitative estimate of drug-likeness (QED) is 0.739. The number of hydrogen-bond acceptors (Lipinski definition) is 6. The lowest BCUT2D eigenvalue weighted by atomic mass is 9.89. The molecule has 0 saturated carbocycles. The molecule has 3 atom stereocenters. The number of likely N-dealkylation sites (tertiary alicyclic amines) is 1. The fourth-order valence-electron chi connectivity index (χ4n) is 4.60. The second-order valence-corrected chi connectivity index (χ2v) is 7.61. The Balaban J connectivity index is 1.60. The second-order valence-electron chi connectivity index (χ2n) is 7.61. The highest BCUT2D eigenvalue weighted by molar-refractivity contribution is 5.78. The smallest absolute Gasteiger partial charge is 0.249 e. The maximum Gasteiger partial charge on any atom is 0.249 e. The Morgan fingerprint density at radius 3 is 2.79 bits per heavy atom. The molecule has 2 saturated heterocycles. The van der Waals surface area contributed by atoms with Gasteiger partial charge in [0.05, 0.1) is 18.3 Å². The van der Waals surface area contributed by atoms with E-state index in [0.29, 0.717) is 13.2 Å². The number of amides is 1. The summed E-state index contributed by atoms with van der Waals surface area (Å²) in [6.07, 6.45) is 1.55. The van der Waals surface area contributed by atoms with E-state index >= 15 is 0 Å². The number of carbonyl (C=O) groups is 1. The molecule has 0 N–H and O–H groups in total. The van der Waals surface area contributed by atoms with Gasteiger partial charge in [0.2, 0.25) is 5.91 Å². The summed E-state index contributed by atoms with van der Waals surface area (Å²) in [5.41, 5.74) is 1.65. The van der Waals surface area contributed by atoms with Crippen LogP contribution in [0.1, 0.15) is 17.3 Å². The minimum absolute atomic E-state index is 0.0290. The van der Waals surface area contributed by atoms with E-state index in [9.17, 15) is 9.18 Å². The molecular formula is C21H25FN4O3. The van der Waals surface area contributed by atoms with Gasteiger partial charge in [0.25, 0.3) is 0 Å². The van der Waals surface area contributed by atoms with Crippen molar-refractivity contribution in [1.82, 2.24) is 14.9 Å². The predicted molar refractivity (Wildman–Crippen MR) is 105 cm³/mol. The number of fused-ring (bicyclic) bond motifs is 1. The van der Waals surface area contributed by atoms with Gasteiger partial charge < -0.3 is 19.3 Å². The van der Waals surface area contributed by atoms with Crippen molar-refractivity contribution in [1.29, 1.82) is 0 Å². The van der Waals surface area contributed by atoms with E-state index in [0.717, 1.165) is 30.2 Å². The van der Waals surface area contributed by atoms with Crippen LogP contribution in [0.5, 0.6) is 0 Å². The molecule has 7 nitrogen and oxygen atoms in total. The van der Waals surface area contributed by atoms with Gasteiger partial charge in [-0.25, -0.2) is 14.4 Å². The van der Waals surface area contributed by atoms with Crippen LogP contribution < -0.4 is 4.90 Å². The van der Waals surface area contributed by atoms with E-state index in [1.54, 1.807) is 19.5 Å². The Bertz CT molecular complexity index is 881. The zero-order valence-electron chi connectivity index (χ0n) is 16.6. The summed E-state index contributed by atoms with van der Waals surface area (Å²) in [4.78, 5) is 25.4. The topological polar surface area (TPSA) is 67.8 Å². The maximum atomic E-state index is 13.9. The van der Waals surface area contributed by atoms with Gasteiger partial charge in [-0.2, -0.15) is 0 Å². The largest absolute Gasteiger partial charge is 0.378 e. The lowest BCUT2D eigenvalue weighted by molar-refractivity contribution is -0.136. The lowest BCUT2D eigenvalue weighted by Gasteiger charge is -2.30. The van der Waals surface area contributed by atoms with Gasteiger partial charge in [-0.15, -0.1) is 0 Å². The molecule has 154 valence electrons. The Morgan fingerprint density at radius 2 is 2.03 bits per heavy atom. The summed E-state index contributed by atoms with van der Waals surface area (Å²) in [5.74, 6) is 0.977. The van der Waals surface area contributed by atoms with Gasteiger partial charge >= 0.3 is 0 Å². The standard InChI is InChI=1S/C21H25FN4O3/c1-28-11-17-7-19(24-13-23-17)25-8-15-9-26(20(27)12-29-2)21(18(15)10-25)14-4-3-5-16(22)6-14/h3-7,13,15,18,21H,8-12H2,1-2H3/t15-,18-,21+/m1/s1. The third kappa shape index (κ3) is 3.95. The third-order valence-electron chi connectivity index (χ3n) is 5.77. The average Bonchev–Trinajstić information content (AvgIpc) is 3.27. The molecule has 2 aromatic rings. The number of benzene rings is 1. The first-order valence-electron chi connectivity index (χ1n) is 9.69. The van der Waals surface area contributed by atoms with Crippen molar-refractivity contribution < 1.29 is 18.7 Å². The van der Waals surface area contributed by atoms with Crippen molar-refractivity contribution in [2.75, 3.05) is 45.4 Å². The van der Waals surface area contributed by atoms with Crippen molar-refractivity contribution in [2.24, 2.45) is 11.8 Å². The van der Waals surface area contributed by atoms with Crippen LogP contribution in [0, 0.1) is 17.7 Å². The third-order valence-corrected chi connectivity index (χ3v) is 5.77. The average molecular weight is 400 g/mol. The van der Waals surface area contributed by atoms with E-state index in [4.69, 9.17) is 9.47 Å². The first-order valence-corrected chi connectivity index (χ1v) is 9.69. The number of hydrogen-bond donors (Lipinski definition) is 0. The molecule has 1 amide bonds. The monoisotopic (exact) mass is 400 g/mol. The molecule has 2 aliphatic heterocycles. The summed E-state index contributed by atoms with van der Waals surface area (Å²) in [6.45, 7) is 2.62. The molecule has 2 fully saturated rings. The fourth-order valence-corrected chi connectivity index (χ4v) is 4.60. The van der Waals surface area contributed by atoms with Crippen LogP contribution in [0.4, 0.5) is 10.2 Å². The number of aromatic nitrogens is 2. The van der Waals surface area contributed by atoms with E-state index < -0.39 is 0 Å². The highest BCUT2D eigenvalue weighted by atomic mass is 19.1. The molecule has 3 heterocycles. The number of carbonyl (C=O) groups excluding carboxylic acids is 1. The molecule has 1 aromatic heterocycles. The van der Waals surface area contributed by atoms with Crippen LogP contribution in [-0.4, -0.2) is 61.2 Å². The molecule has 8 heteroatoms. The van der Waals surface area contributed by atoms with Crippen LogP contribution in [0.15, 0.2) is 36.7 Å². The number of halogens is 1. The van der Waals surface area contributed by atoms with Gasteiger partial charge in [0.1, 0.15) is 24.6 Å². The molecule has 4 rings (SSSR count). The van der Waals surface area contributed by atoms with E-state index in [-0.39, 0.29) is 36.2 Å². The normalized spacial score (nSPS) is 23.5. The number of nitrogens with zero attached hydrogens (tertiary/aromatic N) is 4. The lowest BCUT2D eigenvalue weighted by Crippen LogP contribution is -2.37. The number of anilines is 1. The number of ether oxygens (including phenoxy) is 2. The summed E-state index contributed by atoms with van der Waals surface area (Å²) >= 11 is 0. The van der Waals surface area contributed by atoms with Crippen molar-refractivity contribution in [2.45, 2.75) is 12.6 Å². The van der Waals surface area contributed by atoms with Gasteiger partial charge in [-0.3, -0.25) is 4.79 Å². The zero-order valence-corrected chi connectivity index (χ0v) is 16.6. The van der Waals surface area contributed by atoms with Crippen LogP contribution in [-0.2, 0) is 20.9 Å². The summed E-state index contributed by atoms with van der Waals surface area (Å²) in [7, 11) is 3.15. The van der Waals surface area contributed by atoms with Crippen molar-refractivity contribution >= 4 is 11.7 Å². The summed E-state index contributed by atoms with van der Waals surface area (Å²) in [5, 5.41) is 0. The minimum Gasteiger partial charge on any atom is -0.378 e. The molecule has 0 spiro atoms. The van der Waals surface area contributed by atoms with Gasteiger partial charge in [-0.1, -0.05) is 12.1 Å². The summed E-state index contributed by atoms with van der Waals surface area (Å²) in [6, 6.07) is 8.32. The van der Waals surface area contributed by atoms with Crippen LogP contribution in [0.2, 0.25) is 0 Å². The SMILES string of the molecule is COCC(=O)N1C[C@H]2CN(c3cc(COC)ncn3)C[C@H]2[C@@H]1c1cccc(F)c1. The fraction of sp³-hybridized carbons (Fsp3) is 0.476. The van der Waals surface area contributed by atoms with E-state index in [1.165, 1.54) is 19.2 Å². The van der Waals surface area contributed by atoms with E-state index in [2.05, 4.69) is 14.9 Å². The van der Waals surface area contributed by atoms with Gasteiger partial charge in [0.15, 0.2) is 0 Å². The number of rotatable bonds is 6. The molecule has 1 aromatic carbocycles. The predicted octanol–water partition coefficient (Wildman–Crippen LogP) is 2.04. The van der Waals surface area contributed by atoms with Crippen molar-refractivity contribution in [3.63, 3.8) is 0 Å². The molecule has 2 aliphatic rings. The van der Waals surface area contributed by atoms with Crippen LogP contribution >= 0.6 is 0 Å². The molecule has 0 radical (unpaired) electrons. The molecule has 29 heavy (non-hydrogen) atoms. The zero-order chi connectivity index (χ0) is 20.4. The molecular weight excluding hydrogens is 375 g/mol. The van der Waals surface area contributed by atoms with Crippen LogP contribution in [0.3, 0.4) is 0 Å². The van der Waals surface area contributed by atoms with Crippen molar-refractivity contribution in [3.05, 3.63) is 53.7 Å². The highest BCUT2D eigenvalue weighted by Crippen LogP contribution is 2.45. The van der Waals surface area contributed by atoms with Gasteiger partial charge in [0, 0.05) is 51.8 Å². The minimum atomic E-state index is -0.292. The summed E-state index contributed by atoms with van der Waals surface area (Å²) < 4.78 is 24.2. The number of methoxy groups -OCH3 is 2. The Labute approximate surface area is 169 Å². The first kappa shape index (κ1) is 19.7. The molecule has 0 bridgehead atoms. The highest BCUT2D eigenvalue weighted by Gasteiger charge is 2.49. The van der Waals surface area contributed by atoms with Crippen LogP contribution in [0.25, 0.3) is 0 Å². The molecule has 0 aliphatic carbocycles. The Hall–Kier alpha value is -2.58. The van der Waals surface area contributed by atoms with Gasteiger partial charge in [-0.05, 0) is 17.7 Å². The molecule has 0 unspecified atom stereocenters. The maximum absolute atomic E-state index is 13.9. The van der Waals surface area contributed by atoms with Crippen molar-refractivity contribution in [3.8, 4) is 0 Å². The Morgan fingerprint density at radius 1 is 1.17 bits per heavy atom. The Kier molecular flexibility index (Phi) is 5.73. The second kappa shape index (κ2) is 8.42. The first-order chi connectivity index (χ1) is 14.1. The van der Waals surface area contributed by atoms with E-state index in [1.807, 2.05) is 17.0 Å².